The lowest BCUT2D eigenvalue weighted by atomic mass is 10.1. The molecule has 0 radical (unpaired) electrons. The first-order chi connectivity index (χ1) is 17.4. The zero-order chi connectivity index (χ0) is 26.1. The Labute approximate surface area is 207 Å². The van der Waals surface area contributed by atoms with Crippen molar-refractivity contribution in [1.82, 2.24) is 5.43 Å². The number of non-ortho nitro benzene ring substituents is 1. The zero-order valence-electron chi connectivity index (χ0n) is 20.1. The second kappa shape index (κ2) is 12.1. The largest absolute Gasteiger partial charge is 0.496 e. The zero-order valence-corrected chi connectivity index (χ0v) is 20.1. The summed E-state index contributed by atoms with van der Waals surface area (Å²) in [5, 5.41) is 14.8. The van der Waals surface area contributed by atoms with Crippen molar-refractivity contribution < 1.29 is 33.4 Å². The molecule has 3 aromatic rings. The number of benzene rings is 3. The molecular formula is C25H25N3O8. The summed E-state index contributed by atoms with van der Waals surface area (Å²) in [4.78, 5) is 22.9. The van der Waals surface area contributed by atoms with Crippen molar-refractivity contribution in [2.75, 3.05) is 28.4 Å². The maximum absolute atomic E-state index is 12.6. The predicted molar refractivity (Wildman–Crippen MR) is 132 cm³/mol. The van der Waals surface area contributed by atoms with Crippen LogP contribution in [0.3, 0.4) is 0 Å². The summed E-state index contributed by atoms with van der Waals surface area (Å²) in [6, 6.07) is 14.1. The molecule has 0 spiro atoms. The summed E-state index contributed by atoms with van der Waals surface area (Å²) in [5.41, 5.74) is 4.12. The molecule has 0 aliphatic rings. The van der Waals surface area contributed by atoms with Crippen LogP contribution in [0.2, 0.25) is 0 Å². The molecule has 0 atom stereocenters. The Bertz CT molecular complexity index is 1230. The van der Waals surface area contributed by atoms with Gasteiger partial charge in [-0.05, 0) is 48.0 Å². The fourth-order valence-corrected chi connectivity index (χ4v) is 3.26. The molecule has 3 rings (SSSR count). The van der Waals surface area contributed by atoms with Crippen LogP contribution in [0.15, 0.2) is 59.7 Å². The van der Waals surface area contributed by atoms with E-state index >= 15 is 0 Å². The number of carbonyl (C=O) groups excluding carboxylic acids is 1. The molecule has 0 aliphatic heterocycles. The number of rotatable bonds is 11. The SMILES string of the molecule is COc1ccc(C=NNC(=O)c2cc(OC)c(OC)c(OC)c2)cc1COc1ccc([N+](=O)[O-])cc1. The molecule has 0 aliphatic carbocycles. The molecule has 3 aromatic carbocycles. The number of carbonyl (C=O) groups is 1. The Morgan fingerprint density at radius 3 is 2.11 bits per heavy atom. The quantitative estimate of drug-likeness (QED) is 0.240. The summed E-state index contributed by atoms with van der Waals surface area (Å²) in [7, 11) is 5.94. The Balaban J connectivity index is 1.70. The van der Waals surface area contributed by atoms with Gasteiger partial charge in [0.2, 0.25) is 5.75 Å². The molecule has 0 saturated carbocycles. The highest BCUT2D eigenvalue weighted by Crippen LogP contribution is 2.38. The molecule has 188 valence electrons. The van der Waals surface area contributed by atoms with Crippen molar-refractivity contribution >= 4 is 17.8 Å². The number of nitro groups is 1. The highest BCUT2D eigenvalue weighted by atomic mass is 16.6. The highest BCUT2D eigenvalue weighted by Gasteiger charge is 2.16. The van der Waals surface area contributed by atoms with E-state index in [4.69, 9.17) is 23.7 Å². The lowest BCUT2D eigenvalue weighted by Crippen LogP contribution is -2.18. The normalized spacial score (nSPS) is 10.6. The van der Waals surface area contributed by atoms with E-state index < -0.39 is 10.8 Å². The lowest BCUT2D eigenvalue weighted by Gasteiger charge is -2.13. The van der Waals surface area contributed by atoms with Gasteiger partial charge < -0.3 is 23.7 Å². The van der Waals surface area contributed by atoms with E-state index in [-0.39, 0.29) is 17.9 Å². The van der Waals surface area contributed by atoms with Crippen LogP contribution < -0.4 is 29.1 Å². The van der Waals surface area contributed by atoms with Crippen molar-refractivity contribution in [3.05, 3.63) is 81.4 Å². The van der Waals surface area contributed by atoms with Gasteiger partial charge in [-0.1, -0.05) is 0 Å². The van der Waals surface area contributed by atoms with Crippen LogP contribution in [-0.2, 0) is 6.61 Å². The van der Waals surface area contributed by atoms with E-state index in [0.717, 1.165) is 5.56 Å². The van der Waals surface area contributed by atoms with E-state index in [1.807, 2.05) is 0 Å². The Kier molecular flexibility index (Phi) is 8.65. The molecule has 0 saturated heterocycles. The first-order valence-corrected chi connectivity index (χ1v) is 10.6. The Morgan fingerprint density at radius 2 is 1.56 bits per heavy atom. The first kappa shape index (κ1) is 25.8. The third kappa shape index (κ3) is 6.20. The number of nitrogens with one attached hydrogen (secondary N) is 1. The minimum Gasteiger partial charge on any atom is -0.496 e. The number of nitrogens with zero attached hydrogens (tertiary/aromatic N) is 2. The van der Waals surface area contributed by atoms with Crippen LogP contribution in [-0.4, -0.2) is 45.5 Å². The highest BCUT2D eigenvalue weighted by molar-refractivity contribution is 5.96. The summed E-state index contributed by atoms with van der Waals surface area (Å²) in [6.07, 6.45) is 1.48. The number of hydrogen-bond acceptors (Lipinski definition) is 9. The molecule has 0 unspecified atom stereocenters. The molecule has 0 heterocycles. The summed E-state index contributed by atoms with van der Waals surface area (Å²) < 4.78 is 26.9. The maximum atomic E-state index is 12.6. The van der Waals surface area contributed by atoms with Crippen LogP contribution in [0.4, 0.5) is 5.69 Å². The fraction of sp³-hybridized carbons (Fsp3) is 0.200. The first-order valence-electron chi connectivity index (χ1n) is 10.6. The van der Waals surface area contributed by atoms with Crippen LogP contribution in [0.1, 0.15) is 21.5 Å². The van der Waals surface area contributed by atoms with Crippen molar-refractivity contribution in [3.63, 3.8) is 0 Å². The Hall–Kier alpha value is -4.80. The number of nitro benzene ring substituents is 1. The molecule has 0 aromatic heterocycles. The van der Waals surface area contributed by atoms with Gasteiger partial charge in [0, 0.05) is 23.3 Å². The molecule has 11 heteroatoms. The van der Waals surface area contributed by atoms with Gasteiger partial charge in [0.1, 0.15) is 18.1 Å². The van der Waals surface area contributed by atoms with Gasteiger partial charge in [0.15, 0.2) is 11.5 Å². The van der Waals surface area contributed by atoms with Gasteiger partial charge in [-0.2, -0.15) is 5.10 Å². The summed E-state index contributed by atoms with van der Waals surface area (Å²) in [5.74, 6) is 1.66. The predicted octanol–water partition coefficient (Wildman–Crippen LogP) is 3.97. The Morgan fingerprint density at radius 1 is 0.917 bits per heavy atom. The summed E-state index contributed by atoms with van der Waals surface area (Å²) >= 11 is 0. The summed E-state index contributed by atoms with van der Waals surface area (Å²) in [6.45, 7) is 0.153. The molecule has 36 heavy (non-hydrogen) atoms. The van der Waals surface area contributed by atoms with Gasteiger partial charge in [-0.25, -0.2) is 5.43 Å². The van der Waals surface area contributed by atoms with Gasteiger partial charge in [0.25, 0.3) is 11.6 Å². The van der Waals surface area contributed by atoms with E-state index in [9.17, 15) is 14.9 Å². The minimum absolute atomic E-state index is 0.0216. The smallest absolute Gasteiger partial charge is 0.271 e. The maximum Gasteiger partial charge on any atom is 0.271 e. The van der Waals surface area contributed by atoms with E-state index in [2.05, 4.69) is 10.5 Å². The molecule has 1 N–H and O–H groups in total. The second-order valence-electron chi connectivity index (χ2n) is 7.22. The van der Waals surface area contributed by atoms with Crippen molar-refractivity contribution in [3.8, 4) is 28.7 Å². The van der Waals surface area contributed by atoms with Gasteiger partial charge in [-0.3, -0.25) is 14.9 Å². The molecular weight excluding hydrogens is 470 g/mol. The van der Waals surface area contributed by atoms with E-state index in [0.29, 0.717) is 34.3 Å². The van der Waals surface area contributed by atoms with Gasteiger partial charge in [-0.15, -0.1) is 0 Å². The number of ether oxygens (including phenoxy) is 5. The van der Waals surface area contributed by atoms with Crippen molar-refractivity contribution in [2.45, 2.75) is 6.61 Å². The van der Waals surface area contributed by atoms with Crippen LogP contribution in [0.5, 0.6) is 28.7 Å². The average Bonchev–Trinajstić information content (AvgIpc) is 2.91. The monoisotopic (exact) mass is 495 g/mol. The molecule has 0 bridgehead atoms. The second-order valence-corrected chi connectivity index (χ2v) is 7.22. The average molecular weight is 495 g/mol. The fourth-order valence-electron chi connectivity index (χ4n) is 3.26. The standard InChI is InChI=1S/C25H25N3O8/c1-32-21-10-5-16(11-18(21)15-36-20-8-6-19(7-9-20)28(30)31)14-26-27-25(29)17-12-22(33-2)24(35-4)23(13-17)34-3/h5-14H,15H2,1-4H3,(H,27,29). The molecule has 1 amide bonds. The number of methoxy groups -OCH3 is 4. The van der Waals surface area contributed by atoms with Crippen LogP contribution >= 0.6 is 0 Å². The van der Waals surface area contributed by atoms with Crippen LogP contribution in [0.25, 0.3) is 0 Å². The number of hydrazone groups is 1. The third-order valence-electron chi connectivity index (χ3n) is 5.05. The molecule has 11 nitrogen and oxygen atoms in total. The topological polar surface area (TPSA) is 131 Å². The van der Waals surface area contributed by atoms with E-state index in [1.54, 1.807) is 18.2 Å². The van der Waals surface area contributed by atoms with Crippen LogP contribution in [0, 0.1) is 10.1 Å². The number of hydrogen-bond donors (Lipinski definition) is 1. The molecule has 0 fully saturated rings. The third-order valence-corrected chi connectivity index (χ3v) is 5.05. The van der Waals surface area contributed by atoms with Gasteiger partial charge >= 0.3 is 0 Å². The minimum atomic E-state index is -0.476. The van der Waals surface area contributed by atoms with E-state index in [1.165, 1.54) is 71.1 Å². The van der Waals surface area contributed by atoms with Gasteiger partial charge in [0.05, 0.1) is 39.6 Å². The number of amides is 1. The van der Waals surface area contributed by atoms with Crippen molar-refractivity contribution in [1.29, 1.82) is 0 Å². The lowest BCUT2D eigenvalue weighted by molar-refractivity contribution is -0.384. The van der Waals surface area contributed by atoms with Crippen molar-refractivity contribution in [2.24, 2.45) is 5.10 Å².